The maximum absolute atomic E-state index is 12.5. The molecule has 0 saturated carbocycles. The van der Waals surface area contributed by atoms with Crippen LogP contribution in [0.15, 0.2) is 12.1 Å². The molecule has 2 aliphatic rings. The van der Waals surface area contributed by atoms with Gasteiger partial charge in [0, 0.05) is 18.2 Å². The third-order valence-electron chi connectivity index (χ3n) is 4.02. The van der Waals surface area contributed by atoms with E-state index in [0.29, 0.717) is 17.4 Å². The lowest BCUT2D eigenvalue weighted by Crippen LogP contribution is -2.34. The summed E-state index contributed by atoms with van der Waals surface area (Å²) in [5.74, 6) is 0.578. The highest BCUT2D eigenvalue weighted by Crippen LogP contribution is 2.35. The molecule has 0 aliphatic carbocycles. The van der Waals surface area contributed by atoms with E-state index in [2.05, 4.69) is 0 Å². The molecule has 0 bridgehead atoms. The first-order valence-corrected chi connectivity index (χ1v) is 6.41. The van der Waals surface area contributed by atoms with Gasteiger partial charge in [0.05, 0.1) is 7.11 Å². The molecule has 0 unspecified atom stereocenters. The summed E-state index contributed by atoms with van der Waals surface area (Å²) in [6.07, 6.45) is 4.04. The third-order valence-corrected chi connectivity index (χ3v) is 4.02. The number of amides is 1. The number of rotatable bonds is 1. The monoisotopic (exact) mass is 247 g/mol. The average Bonchev–Trinajstić information content (AvgIpc) is 2.79. The summed E-state index contributed by atoms with van der Waals surface area (Å²) in [6.45, 7) is 0.853. The van der Waals surface area contributed by atoms with Gasteiger partial charge in [0.2, 0.25) is 0 Å². The van der Waals surface area contributed by atoms with Gasteiger partial charge in [-0.05, 0) is 43.4 Å². The van der Waals surface area contributed by atoms with Crippen molar-refractivity contribution in [2.24, 2.45) is 0 Å². The number of phenolic OH excluding ortho intramolecular Hbond substituents is 1. The second-order valence-corrected chi connectivity index (χ2v) is 5.01. The molecule has 1 amide bonds. The minimum absolute atomic E-state index is 0.0864. The number of methoxy groups -OCH3 is 1. The first-order valence-electron chi connectivity index (χ1n) is 6.41. The van der Waals surface area contributed by atoms with Gasteiger partial charge in [-0.15, -0.1) is 0 Å². The zero-order valence-corrected chi connectivity index (χ0v) is 10.5. The lowest BCUT2D eigenvalue weighted by Gasteiger charge is -2.22. The van der Waals surface area contributed by atoms with Crippen molar-refractivity contribution in [3.05, 3.63) is 23.3 Å². The number of nitrogens with zero attached hydrogens (tertiary/aromatic N) is 1. The maximum atomic E-state index is 12.5. The van der Waals surface area contributed by atoms with Crippen molar-refractivity contribution in [1.29, 1.82) is 0 Å². The molecule has 0 radical (unpaired) electrons. The number of hydrogen-bond acceptors (Lipinski definition) is 3. The second kappa shape index (κ2) is 4.19. The highest BCUT2D eigenvalue weighted by atomic mass is 16.5. The van der Waals surface area contributed by atoms with Crippen LogP contribution in [0.1, 0.15) is 35.2 Å². The van der Waals surface area contributed by atoms with E-state index in [4.69, 9.17) is 4.74 Å². The molecule has 1 N–H and O–H groups in total. The highest BCUT2D eigenvalue weighted by molar-refractivity contribution is 5.97. The molecule has 1 atom stereocenters. The van der Waals surface area contributed by atoms with E-state index in [0.717, 1.165) is 37.8 Å². The summed E-state index contributed by atoms with van der Waals surface area (Å²) in [5, 5.41) is 9.80. The van der Waals surface area contributed by atoms with Crippen molar-refractivity contribution in [1.82, 2.24) is 4.90 Å². The van der Waals surface area contributed by atoms with E-state index in [1.54, 1.807) is 12.1 Å². The molecule has 4 heteroatoms. The topological polar surface area (TPSA) is 49.8 Å². The van der Waals surface area contributed by atoms with Gasteiger partial charge in [-0.2, -0.15) is 0 Å². The molecule has 1 aromatic carbocycles. The zero-order valence-electron chi connectivity index (χ0n) is 10.5. The maximum Gasteiger partial charge on any atom is 0.254 e. The number of benzene rings is 1. The molecule has 18 heavy (non-hydrogen) atoms. The van der Waals surface area contributed by atoms with E-state index < -0.39 is 0 Å². The van der Waals surface area contributed by atoms with Crippen LogP contribution in [0.3, 0.4) is 0 Å². The molecule has 96 valence electrons. The van der Waals surface area contributed by atoms with Crippen molar-refractivity contribution in [3.8, 4) is 11.5 Å². The predicted octanol–water partition coefficient (Wildman–Crippen LogP) is 1.95. The van der Waals surface area contributed by atoms with E-state index in [-0.39, 0.29) is 11.7 Å². The molecule has 0 spiro atoms. The molecule has 1 aromatic rings. The Morgan fingerprint density at radius 2 is 2.22 bits per heavy atom. The van der Waals surface area contributed by atoms with Gasteiger partial charge in [0.25, 0.3) is 5.91 Å². The fourth-order valence-corrected chi connectivity index (χ4v) is 3.06. The molecule has 4 nitrogen and oxygen atoms in total. The standard InChI is InChI=1S/C14H17NO3/c1-18-13-8-11-9(7-12(13)16)4-5-10-3-2-6-15(10)14(11)17/h7-8,10,16H,2-6H2,1H3/t10-/m0/s1. The zero-order chi connectivity index (χ0) is 12.7. The lowest BCUT2D eigenvalue weighted by atomic mass is 10.0. The Bertz CT molecular complexity index is 498. The lowest BCUT2D eigenvalue weighted by molar-refractivity contribution is 0.0740. The molecule has 2 aliphatic heterocycles. The molecule has 1 fully saturated rings. The van der Waals surface area contributed by atoms with Gasteiger partial charge < -0.3 is 14.7 Å². The van der Waals surface area contributed by atoms with E-state index in [1.807, 2.05) is 4.90 Å². The van der Waals surface area contributed by atoms with Crippen molar-refractivity contribution in [3.63, 3.8) is 0 Å². The molecule has 0 aromatic heterocycles. The molecular weight excluding hydrogens is 230 g/mol. The molecule has 3 rings (SSSR count). The van der Waals surface area contributed by atoms with Gasteiger partial charge in [-0.3, -0.25) is 4.79 Å². The Hall–Kier alpha value is -1.71. The highest BCUT2D eigenvalue weighted by Gasteiger charge is 2.33. The fourth-order valence-electron chi connectivity index (χ4n) is 3.06. The van der Waals surface area contributed by atoms with Crippen LogP contribution < -0.4 is 4.74 Å². The molecular formula is C14H17NO3. The van der Waals surface area contributed by atoms with Crippen molar-refractivity contribution >= 4 is 5.91 Å². The van der Waals surface area contributed by atoms with Crippen LogP contribution in [0.25, 0.3) is 0 Å². The minimum atomic E-state index is 0.0864. The summed E-state index contributed by atoms with van der Waals surface area (Å²) in [5.41, 5.74) is 1.63. The Morgan fingerprint density at radius 1 is 1.39 bits per heavy atom. The van der Waals surface area contributed by atoms with Crippen LogP contribution in [-0.4, -0.2) is 35.6 Å². The first-order chi connectivity index (χ1) is 8.70. The van der Waals surface area contributed by atoms with Crippen LogP contribution in [0.4, 0.5) is 0 Å². The van der Waals surface area contributed by atoms with Crippen LogP contribution in [-0.2, 0) is 6.42 Å². The Labute approximate surface area is 106 Å². The second-order valence-electron chi connectivity index (χ2n) is 5.01. The first kappa shape index (κ1) is 11.4. The van der Waals surface area contributed by atoms with Crippen LogP contribution in [0, 0.1) is 0 Å². The number of fused-ring (bicyclic) bond motifs is 2. The van der Waals surface area contributed by atoms with Crippen molar-refractivity contribution in [2.45, 2.75) is 31.7 Å². The molecule has 1 saturated heterocycles. The predicted molar refractivity (Wildman–Crippen MR) is 67.0 cm³/mol. The van der Waals surface area contributed by atoms with E-state index >= 15 is 0 Å². The summed E-state index contributed by atoms with van der Waals surface area (Å²) >= 11 is 0. The minimum Gasteiger partial charge on any atom is -0.504 e. The van der Waals surface area contributed by atoms with Gasteiger partial charge >= 0.3 is 0 Å². The van der Waals surface area contributed by atoms with Gasteiger partial charge in [0.15, 0.2) is 11.5 Å². The van der Waals surface area contributed by atoms with Crippen LogP contribution in [0.2, 0.25) is 0 Å². The van der Waals surface area contributed by atoms with Crippen LogP contribution >= 0.6 is 0 Å². The van der Waals surface area contributed by atoms with Gasteiger partial charge in [-0.1, -0.05) is 0 Å². The van der Waals surface area contributed by atoms with E-state index in [1.165, 1.54) is 7.11 Å². The summed E-state index contributed by atoms with van der Waals surface area (Å²) < 4.78 is 5.09. The van der Waals surface area contributed by atoms with Crippen molar-refractivity contribution in [2.75, 3.05) is 13.7 Å². The Morgan fingerprint density at radius 3 is 3.00 bits per heavy atom. The number of carbonyl (C=O) groups excluding carboxylic acids is 1. The van der Waals surface area contributed by atoms with Gasteiger partial charge in [-0.25, -0.2) is 0 Å². The SMILES string of the molecule is COc1cc2c(cc1O)CC[C@@H]1CCCN1C2=O. The fraction of sp³-hybridized carbons (Fsp3) is 0.500. The number of aromatic hydroxyl groups is 1. The van der Waals surface area contributed by atoms with Crippen LogP contribution in [0.5, 0.6) is 11.5 Å². The third kappa shape index (κ3) is 1.64. The summed E-state index contributed by atoms with van der Waals surface area (Å²) in [4.78, 5) is 14.5. The Balaban J connectivity index is 2.07. The summed E-state index contributed by atoms with van der Waals surface area (Å²) in [6, 6.07) is 3.72. The smallest absolute Gasteiger partial charge is 0.254 e. The van der Waals surface area contributed by atoms with Crippen molar-refractivity contribution < 1.29 is 14.6 Å². The quantitative estimate of drug-likeness (QED) is 0.825. The Kier molecular flexibility index (Phi) is 2.65. The number of aryl methyl sites for hydroxylation is 1. The van der Waals surface area contributed by atoms with Gasteiger partial charge in [0.1, 0.15) is 0 Å². The normalized spacial score (nSPS) is 22.4. The number of carbonyl (C=O) groups is 1. The molecule has 2 heterocycles. The van der Waals surface area contributed by atoms with E-state index in [9.17, 15) is 9.90 Å². The number of ether oxygens (including phenoxy) is 1. The largest absolute Gasteiger partial charge is 0.504 e. The number of phenols is 1. The number of hydrogen-bond donors (Lipinski definition) is 1. The summed E-state index contributed by atoms with van der Waals surface area (Å²) in [7, 11) is 1.50. The average molecular weight is 247 g/mol.